The number of hydrogen-bond acceptors (Lipinski definition) is 1. The minimum Gasteiger partial charge on any atom is -0.309 e. The summed E-state index contributed by atoms with van der Waals surface area (Å²) < 4.78 is 0. The summed E-state index contributed by atoms with van der Waals surface area (Å²) in [6.45, 7) is 18.0. The molecule has 0 aliphatic rings. The van der Waals surface area contributed by atoms with Gasteiger partial charge in [0, 0.05) is 6.54 Å². The first-order valence-electron chi connectivity index (χ1n) is 7.87. The first kappa shape index (κ1) is 18.0. The fourth-order valence-corrected chi connectivity index (χ4v) is 3.44. The van der Waals surface area contributed by atoms with Crippen LogP contribution in [0.1, 0.15) is 54.9 Å². The molecular formula is C17H37N. The molecule has 1 nitrogen and oxygen atoms in total. The average Bonchev–Trinajstić information content (AvgIpc) is 2.25. The van der Waals surface area contributed by atoms with Crippen LogP contribution >= 0.6 is 0 Å². The topological polar surface area (TPSA) is 3.24 Å². The SMILES string of the molecule is CCC(C(C)C(C)C)C(C)C(CN(C)C)C(C)C. The van der Waals surface area contributed by atoms with Crippen LogP contribution in [-0.2, 0) is 0 Å². The third-order valence-corrected chi connectivity index (χ3v) is 4.98. The lowest BCUT2D eigenvalue weighted by molar-refractivity contribution is 0.101. The fourth-order valence-electron chi connectivity index (χ4n) is 3.44. The molecule has 4 unspecified atom stereocenters. The van der Waals surface area contributed by atoms with Gasteiger partial charge in [-0.3, -0.25) is 0 Å². The lowest BCUT2D eigenvalue weighted by atomic mass is 9.69. The number of hydrogen-bond donors (Lipinski definition) is 0. The van der Waals surface area contributed by atoms with Crippen LogP contribution in [0.5, 0.6) is 0 Å². The molecule has 0 aromatic rings. The van der Waals surface area contributed by atoms with Crippen LogP contribution in [0.2, 0.25) is 0 Å². The van der Waals surface area contributed by atoms with Gasteiger partial charge in [-0.25, -0.2) is 0 Å². The Morgan fingerprint density at radius 3 is 1.50 bits per heavy atom. The minimum atomic E-state index is 0.774. The van der Waals surface area contributed by atoms with Crippen LogP contribution in [0.4, 0.5) is 0 Å². The Labute approximate surface area is 116 Å². The van der Waals surface area contributed by atoms with Crippen LogP contribution in [-0.4, -0.2) is 25.5 Å². The Morgan fingerprint density at radius 2 is 1.22 bits per heavy atom. The predicted octanol–water partition coefficient (Wildman–Crippen LogP) is 4.77. The molecule has 1 heteroatoms. The van der Waals surface area contributed by atoms with Crippen molar-refractivity contribution in [2.24, 2.45) is 35.5 Å². The van der Waals surface area contributed by atoms with Gasteiger partial charge in [0.1, 0.15) is 0 Å². The summed E-state index contributed by atoms with van der Waals surface area (Å²) in [5, 5.41) is 0. The molecule has 0 spiro atoms. The van der Waals surface area contributed by atoms with Crippen LogP contribution < -0.4 is 0 Å². The molecule has 0 aromatic heterocycles. The second-order valence-electron chi connectivity index (χ2n) is 7.20. The van der Waals surface area contributed by atoms with E-state index in [2.05, 4.69) is 67.5 Å². The predicted molar refractivity (Wildman–Crippen MR) is 83.8 cm³/mol. The van der Waals surface area contributed by atoms with Gasteiger partial charge in [0.25, 0.3) is 0 Å². The van der Waals surface area contributed by atoms with E-state index in [9.17, 15) is 0 Å². The number of nitrogens with zero attached hydrogens (tertiary/aromatic N) is 1. The van der Waals surface area contributed by atoms with Crippen molar-refractivity contribution in [2.45, 2.75) is 54.9 Å². The molecule has 4 atom stereocenters. The normalized spacial score (nSPS) is 19.3. The molecule has 110 valence electrons. The maximum atomic E-state index is 2.49. The fraction of sp³-hybridized carbons (Fsp3) is 1.00. The molecular weight excluding hydrogens is 218 g/mol. The highest BCUT2D eigenvalue weighted by Crippen LogP contribution is 2.36. The molecule has 0 bridgehead atoms. The summed E-state index contributed by atoms with van der Waals surface area (Å²) in [5.41, 5.74) is 0. The van der Waals surface area contributed by atoms with E-state index in [4.69, 9.17) is 0 Å². The van der Waals surface area contributed by atoms with Crippen molar-refractivity contribution in [2.75, 3.05) is 20.6 Å². The molecule has 0 amide bonds. The highest BCUT2D eigenvalue weighted by atomic mass is 15.1. The van der Waals surface area contributed by atoms with Crippen LogP contribution in [0.3, 0.4) is 0 Å². The van der Waals surface area contributed by atoms with E-state index in [1.165, 1.54) is 13.0 Å². The second kappa shape index (κ2) is 8.19. The zero-order valence-corrected chi connectivity index (χ0v) is 14.3. The van der Waals surface area contributed by atoms with E-state index in [1.807, 2.05) is 0 Å². The van der Waals surface area contributed by atoms with Gasteiger partial charge in [-0.05, 0) is 49.6 Å². The van der Waals surface area contributed by atoms with E-state index < -0.39 is 0 Å². The van der Waals surface area contributed by atoms with E-state index in [1.54, 1.807) is 0 Å². The molecule has 0 fully saturated rings. The van der Waals surface area contributed by atoms with Gasteiger partial charge in [0.05, 0.1) is 0 Å². The Balaban J connectivity index is 4.85. The van der Waals surface area contributed by atoms with Crippen molar-refractivity contribution in [1.29, 1.82) is 0 Å². The molecule has 0 aromatic carbocycles. The zero-order chi connectivity index (χ0) is 14.5. The molecule has 0 saturated heterocycles. The van der Waals surface area contributed by atoms with E-state index >= 15 is 0 Å². The van der Waals surface area contributed by atoms with E-state index in [0.717, 1.165) is 35.5 Å². The van der Waals surface area contributed by atoms with Crippen molar-refractivity contribution in [3.63, 3.8) is 0 Å². The standard InChI is InChI=1S/C17H37N/c1-10-16(14(6)12(2)3)15(7)17(13(4)5)11-18(8)9/h12-17H,10-11H2,1-9H3. The summed E-state index contributed by atoms with van der Waals surface area (Å²) in [6, 6.07) is 0. The van der Waals surface area contributed by atoms with Crippen LogP contribution in [0, 0.1) is 35.5 Å². The summed E-state index contributed by atoms with van der Waals surface area (Å²) in [7, 11) is 4.41. The maximum absolute atomic E-state index is 2.49. The first-order valence-corrected chi connectivity index (χ1v) is 7.87. The summed E-state index contributed by atoms with van der Waals surface area (Å²) >= 11 is 0. The van der Waals surface area contributed by atoms with Gasteiger partial charge in [0.2, 0.25) is 0 Å². The molecule has 0 N–H and O–H groups in total. The Kier molecular flexibility index (Phi) is 8.18. The third-order valence-electron chi connectivity index (χ3n) is 4.98. The van der Waals surface area contributed by atoms with Gasteiger partial charge in [-0.2, -0.15) is 0 Å². The average molecular weight is 255 g/mol. The van der Waals surface area contributed by atoms with Gasteiger partial charge < -0.3 is 4.90 Å². The van der Waals surface area contributed by atoms with Crippen molar-refractivity contribution in [1.82, 2.24) is 4.90 Å². The molecule has 18 heavy (non-hydrogen) atoms. The summed E-state index contributed by atoms with van der Waals surface area (Å²) in [5.74, 6) is 4.88. The quantitative estimate of drug-likeness (QED) is 0.603. The molecule has 0 saturated carbocycles. The van der Waals surface area contributed by atoms with Gasteiger partial charge in [-0.1, -0.05) is 54.9 Å². The highest BCUT2D eigenvalue weighted by molar-refractivity contribution is 4.81. The largest absolute Gasteiger partial charge is 0.309 e. The maximum Gasteiger partial charge on any atom is 0.000866 e. The second-order valence-corrected chi connectivity index (χ2v) is 7.20. The highest BCUT2D eigenvalue weighted by Gasteiger charge is 2.31. The molecule has 0 aliphatic heterocycles. The van der Waals surface area contributed by atoms with E-state index in [0.29, 0.717) is 0 Å². The first-order chi connectivity index (χ1) is 8.22. The van der Waals surface area contributed by atoms with Crippen molar-refractivity contribution in [3.8, 4) is 0 Å². The Morgan fingerprint density at radius 1 is 0.722 bits per heavy atom. The smallest absolute Gasteiger partial charge is 0.000866 e. The Hall–Kier alpha value is -0.0400. The summed E-state index contributed by atoms with van der Waals surface area (Å²) in [4.78, 5) is 2.36. The van der Waals surface area contributed by atoms with E-state index in [-0.39, 0.29) is 0 Å². The molecule has 0 heterocycles. The molecule has 0 radical (unpaired) electrons. The van der Waals surface area contributed by atoms with Crippen LogP contribution in [0.25, 0.3) is 0 Å². The lowest BCUT2D eigenvalue weighted by Crippen LogP contribution is -2.36. The van der Waals surface area contributed by atoms with Crippen molar-refractivity contribution >= 4 is 0 Å². The molecule has 0 aliphatic carbocycles. The van der Waals surface area contributed by atoms with Gasteiger partial charge in [0.15, 0.2) is 0 Å². The van der Waals surface area contributed by atoms with Crippen molar-refractivity contribution in [3.05, 3.63) is 0 Å². The molecule has 0 rings (SSSR count). The van der Waals surface area contributed by atoms with Gasteiger partial charge >= 0.3 is 0 Å². The lowest BCUT2D eigenvalue weighted by Gasteiger charge is -2.39. The van der Waals surface area contributed by atoms with Crippen molar-refractivity contribution < 1.29 is 0 Å². The van der Waals surface area contributed by atoms with Gasteiger partial charge in [-0.15, -0.1) is 0 Å². The zero-order valence-electron chi connectivity index (χ0n) is 14.3. The monoisotopic (exact) mass is 255 g/mol. The number of rotatable bonds is 8. The summed E-state index contributed by atoms with van der Waals surface area (Å²) in [6.07, 6.45) is 1.32. The Bertz CT molecular complexity index is 206. The van der Waals surface area contributed by atoms with Crippen LogP contribution in [0.15, 0.2) is 0 Å². The minimum absolute atomic E-state index is 0.774. The third kappa shape index (κ3) is 5.30.